The van der Waals surface area contributed by atoms with Gasteiger partial charge in [-0.05, 0) is 25.5 Å². The number of hydrogen-bond donors (Lipinski definition) is 1. The van der Waals surface area contributed by atoms with Crippen LogP contribution in [0.3, 0.4) is 0 Å². The number of piperidine rings is 1. The molecule has 1 aliphatic heterocycles. The molecule has 1 saturated heterocycles. The Hall–Kier alpha value is -1.00. The number of thiazole rings is 1. The first kappa shape index (κ1) is 9.24. The highest BCUT2D eigenvalue weighted by molar-refractivity contribution is 7.18. The van der Waals surface area contributed by atoms with Crippen molar-refractivity contribution in [2.24, 2.45) is 0 Å². The highest BCUT2D eigenvalue weighted by atomic mass is 32.1. The first-order valence-electron chi connectivity index (χ1n) is 5.34. The van der Waals surface area contributed by atoms with Crippen molar-refractivity contribution >= 4 is 21.6 Å². The Morgan fingerprint density at radius 2 is 2.47 bits per heavy atom. The summed E-state index contributed by atoms with van der Waals surface area (Å²) in [7, 11) is 0. The summed E-state index contributed by atoms with van der Waals surface area (Å²) in [6.45, 7) is 2.23. The first-order valence-corrected chi connectivity index (χ1v) is 6.16. The summed E-state index contributed by atoms with van der Waals surface area (Å²) in [5.74, 6) is 0.608. The summed E-state index contributed by atoms with van der Waals surface area (Å²) in [5, 5.41) is 4.70. The third-order valence-electron chi connectivity index (χ3n) is 2.85. The zero-order chi connectivity index (χ0) is 10.1. The van der Waals surface area contributed by atoms with Gasteiger partial charge in [-0.2, -0.15) is 0 Å². The molecule has 2 aromatic rings. The Morgan fingerprint density at radius 1 is 1.47 bits per heavy atom. The number of pyridine rings is 1. The van der Waals surface area contributed by atoms with E-state index in [1.807, 2.05) is 29.8 Å². The lowest BCUT2D eigenvalue weighted by atomic mass is 10.0. The summed E-state index contributed by atoms with van der Waals surface area (Å²) in [6.07, 6.45) is 6.22. The van der Waals surface area contributed by atoms with Crippen LogP contribution in [0.25, 0.3) is 10.2 Å². The fourth-order valence-corrected chi connectivity index (χ4v) is 3.10. The largest absolute Gasteiger partial charge is 0.316 e. The van der Waals surface area contributed by atoms with E-state index in [-0.39, 0.29) is 0 Å². The van der Waals surface area contributed by atoms with Crippen LogP contribution in [0.4, 0.5) is 0 Å². The van der Waals surface area contributed by atoms with Crippen LogP contribution >= 0.6 is 11.3 Å². The molecule has 1 aliphatic rings. The second-order valence-corrected chi connectivity index (χ2v) is 5.00. The zero-order valence-electron chi connectivity index (χ0n) is 8.44. The number of nitrogens with zero attached hydrogens (tertiary/aromatic N) is 2. The highest BCUT2D eigenvalue weighted by Gasteiger charge is 2.18. The molecule has 3 nitrogen and oxygen atoms in total. The van der Waals surface area contributed by atoms with Crippen LogP contribution in [0.2, 0.25) is 0 Å². The SMILES string of the molecule is c1cc2sc(C3CCCNC3)nc2cn1. The summed E-state index contributed by atoms with van der Waals surface area (Å²) >= 11 is 1.81. The van der Waals surface area contributed by atoms with Crippen LogP contribution in [-0.4, -0.2) is 23.1 Å². The first-order chi connectivity index (χ1) is 7.43. The molecule has 0 bridgehead atoms. The van der Waals surface area contributed by atoms with E-state index in [2.05, 4.69) is 15.3 Å². The van der Waals surface area contributed by atoms with Crippen molar-refractivity contribution in [2.75, 3.05) is 13.1 Å². The average molecular weight is 219 g/mol. The predicted molar refractivity (Wildman–Crippen MR) is 62.3 cm³/mol. The molecule has 0 amide bonds. The topological polar surface area (TPSA) is 37.8 Å². The third-order valence-corrected chi connectivity index (χ3v) is 4.05. The van der Waals surface area contributed by atoms with Gasteiger partial charge in [0.25, 0.3) is 0 Å². The molecule has 0 saturated carbocycles. The van der Waals surface area contributed by atoms with Gasteiger partial charge >= 0.3 is 0 Å². The fraction of sp³-hybridized carbons (Fsp3) is 0.455. The standard InChI is InChI=1S/C11H13N3S/c1-2-8(6-12-4-1)11-14-9-7-13-5-3-10(9)15-11/h3,5,7-8,12H,1-2,4,6H2. The molecule has 0 aliphatic carbocycles. The van der Waals surface area contributed by atoms with E-state index in [1.165, 1.54) is 22.5 Å². The van der Waals surface area contributed by atoms with Gasteiger partial charge in [0.2, 0.25) is 0 Å². The number of nitrogens with one attached hydrogen (secondary N) is 1. The molecule has 4 heteroatoms. The quantitative estimate of drug-likeness (QED) is 0.798. The van der Waals surface area contributed by atoms with E-state index >= 15 is 0 Å². The fourth-order valence-electron chi connectivity index (χ4n) is 2.04. The maximum Gasteiger partial charge on any atom is 0.0998 e. The lowest BCUT2D eigenvalue weighted by Gasteiger charge is -2.20. The molecule has 78 valence electrons. The molecule has 3 rings (SSSR count). The van der Waals surface area contributed by atoms with Gasteiger partial charge < -0.3 is 5.32 Å². The minimum Gasteiger partial charge on any atom is -0.316 e. The molecule has 2 aromatic heterocycles. The third kappa shape index (κ3) is 1.75. The molecule has 0 spiro atoms. The lowest BCUT2D eigenvalue weighted by molar-refractivity contribution is 0.461. The minimum atomic E-state index is 0.608. The van der Waals surface area contributed by atoms with E-state index in [1.54, 1.807) is 0 Å². The van der Waals surface area contributed by atoms with E-state index < -0.39 is 0 Å². The lowest BCUT2D eigenvalue weighted by Crippen LogP contribution is -2.28. The molecule has 1 unspecified atom stereocenters. The summed E-state index contributed by atoms with van der Waals surface area (Å²) in [5.41, 5.74) is 1.04. The van der Waals surface area contributed by atoms with Gasteiger partial charge in [0.05, 0.1) is 21.4 Å². The summed E-state index contributed by atoms with van der Waals surface area (Å²) in [4.78, 5) is 8.75. The zero-order valence-corrected chi connectivity index (χ0v) is 9.26. The van der Waals surface area contributed by atoms with Gasteiger partial charge in [-0.25, -0.2) is 4.98 Å². The van der Waals surface area contributed by atoms with Crippen LogP contribution in [0.1, 0.15) is 23.8 Å². The molecule has 0 aromatic carbocycles. The van der Waals surface area contributed by atoms with Crippen LogP contribution in [0.15, 0.2) is 18.5 Å². The van der Waals surface area contributed by atoms with Crippen molar-refractivity contribution in [3.05, 3.63) is 23.5 Å². The van der Waals surface area contributed by atoms with Gasteiger partial charge in [0, 0.05) is 18.7 Å². The normalized spacial score (nSPS) is 22.0. The van der Waals surface area contributed by atoms with E-state index in [0.29, 0.717) is 5.92 Å². The number of rotatable bonds is 1. The second kappa shape index (κ2) is 3.87. The van der Waals surface area contributed by atoms with E-state index in [4.69, 9.17) is 0 Å². The Kier molecular flexibility index (Phi) is 2.38. The minimum absolute atomic E-state index is 0.608. The van der Waals surface area contributed by atoms with Crippen LogP contribution in [0.5, 0.6) is 0 Å². The number of fused-ring (bicyclic) bond motifs is 1. The number of hydrogen-bond acceptors (Lipinski definition) is 4. The monoisotopic (exact) mass is 219 g/mol. The Bertz CT molecular complexity index is 427. The second-order valence-electron chi connectivity index (χ2n) is 3.94. The summed E-state index contributed by atoms with van der Waals surface area (Å²) < 4.78 is 1.26. The van der Waals surface area contributed by atoms with Crippen LogP contribution in [0, 0.1) is 0 Å². The van der Waals surface area contributed by atoms with Gasteiger partial charge in [-0.3, -0.25) is 4.98 Å². The van der Waals surface area contributed by atoms with E-state index in [9.17, 15) is 0 Å². The molecular weight excluding hydrogens is 206 g/mol. The maximum absolute atomic E-state index is 4.65. The Labute approximate surface area is 92.6 Å². The van der Waals surface area contributed by atoms with Crippen molar-refractivity contribution in [3.8, 4) is 0 Å². The molecular formula is C11H13N3S. The Morgan fingerprint density at radius 3 is 3.27 bits per heavy atom. The molecule has 0 radical (unpaired) electrons. The van der Waals surface area contributed by atoms with Gasteiger partial charge in [0.15, 0.2) is 0 Å². The van der Waals surface area contributed by atoms with Crippen molar-refractivity contribution in [1.29, 1.82) is 0 Å². The van der Waals surface area contributed by atoms with E-state index in [0.717, 1.165) is 18.6 Å². The molecule has 1 atom stereocenters. The summed E-state index contributed by atoms with van der Waals surface area (Å²) in [6, 6.07) is 2.05. The smallest absolute Gasteiger partial charge is 0.0998 e. The molecule has 1 N–H and O–H groups in total. The van der Waals surface area contributed by atoms with Gasteiger partial charge in [0.1, 0.15) is 0 Å². The van der Waals surface area contributed by atoms with Crippen molar-refractivity contribution in [1.82, 2.24) is 15.3 Å². The Balaban J connectivity index is 1.96. The maximum atomic E-state index is 4.65. The van der Waals surface area contributed by atoms with Crippen LogP contribution < -0.4 is 5.32 Å². The van der Waals surface area contributed by atoms with Crippen LogP contribution in [-0.2, 0) is 0 Å². The highest BCUT2D eigenvalue weighted by Crippen LogP contribution is 2.30. The molecule has 15 heavy (non-hydrogen) atoms. The van der Waals surface area contributed by atoms with Gasteiger partial charge in [-0.15, -0.1) is 11.3 Å². The predicted octanol–water partition coefficient (Wildman–Crippen LogP) is 2.16. The molecule has 1 fully saturated rings. The van der Waals surface area contributed by atoms with Gasteiger partial charge in [-0.1, -0.05) is 0 Å². The van der Waals surface area contributed by atoms with Crippen molar-refractivity contribution < 1.29 is 0 Å². The molecule has 3 heterocycles. The average Bonchev–Trinajstić information content (AvgIpc) is 2.74. The van der Waals surface area contributed by atoms with Crippen molar-refractivity contribution in [2.45, 2.75) is 18.8 Å². The van der Waals surface area contributed by atoms with Crippen molar-refractivity contribution in [3.63, 3.8) is 0 Å². The number of aromatic nitrogens is 2.